The van der Waals surface area contributed by atoms with Gasteiger partial charge in [-0.05, 0) is 33.1 Å². The monoisotopic (exact) mass is 169 g/mol. The fourth-order valence-electron chi connectivity index (χ4n) is 2.60. The van der Waals surface area contributed by atoms with E-state index in [1.807, 2.05) is 0 Å². The lowest BCUT2D eigenvalue weighted by molar-refractivity contribution is -0.0666. The van der Waals surface area contributed by atoms with Crippen LogP contribution in [0.25, 0.3) is 0 Å². The lowest BCUT2D eigenvalue weighted by Gasteiger charge is -2.40. The number of morpholine rings is 1. The van der Waals surface area contributed by atoms with Gasteiger partial charge in [0, 0.05) is 18.6 Å². The zero-order chi connectivity index (χ0) is 8.55. The van der Waals surface area contributed by atoms with Crippen LogP contribution in [0.4, 0.5) is 0 Å². The quantitative estimate of drug-likeness (QED) is 0.592. The molecule has 0 aromatic carbocycles. The van der Waals surface area contributed by atoms with Crippen LogP contribution in [0.1, 0.15) is 33.1 Å². The Kier molecular flexibility index (Phi) is 2.37. The van der Waals surface area contributed by atoms with Gasteiger partial charge < -0.3 is 4.74 Å². The molecule has 1 aliphatic heterocycles. The second-order valence-electron chi connectivity index (χ2n) is 4.24. The molecule has 2 heteroatoms. The smallest absolute Gasteiger partial charge is 0.0731 e. The maximum atomic E-state index is 5.74. The molecular weight excluding hydrogens is 150 g/mol. The van der Waals surface area contributed by atoms with E-state index in [2.05, 4.69) is 18.7 Å². The second kappa shape index (κ2) is 3.35. The summed E-state index contributed by atoms with van der Waals surface area (Å²) in [5.41, 5.74) is 0. The van der Waals surface area contributed by atoms with E-state index in [-0.39, 0.29) is 0 Å². The average Bonchev–Trinajstić information content (AvgIpc) is 2.49. The van der Waals surface area contributed by atoms with Crippen molar-refractivity contribution in [1.82, 2.24) is 4.90 Å². The summed E-state index contributed by atoms with van der Waals surface area (Å²) in [6, 6.07) is 1.43. The Labute approximate surface area is 74.9 Å². The summed E-state index contributed by atoms with van der Waals surface area (Å²) in [6.07, 6.45) is 4.55. The van der Waals surface area contributed by atoms with Gasteiger partial charge in [0.2, 0.25) is 0 Å². The van der Waals surface area contributed by atoms with Crippen molar-refractivity contribution < 1.29 is 4.74 Å². The third-order valence-electron chi connectivity index (χ3n) is 3.19. The molecule has 2 fully saturated rings. The van der Waals surface area contributed by atoms with Crippen LogP contribution in [0.3, 0.4) is 0 Å². The second-order valence-corrected chi connectivity index (χ2v) is 4.24. The fourth-order valence-corrected chi connectivity index (χ4v) is 2.60. The van der Waals surface area contributed by atoms with Crippen molar-refractivity contribution in [3.8, 4) is 0 Å². The van der Waals surface area contributed by atoms with Gasteiger partial charge >= 0.3 is 0 Å². The first-order valence-electron chi connectivity index (χ1n) is 5.16. The Morgan fingerprint density at radius 1 is 1.33 bits per heavy atom. The first-order chi connectivity index (χ1) is 5.79. The van der Waals surface area contributed by atoms with Crippen molar-refractivity contribution in [3.05, 3.63) is 0 Å². The van der Waals surface area contributed by atoms with Crippen LogP contribution in [0.15, 0.2) is 0 Å². The summed E-state index contributed by atoms with van der Waals surface area (Å²) >= 11 is 0. The summed E-state index contributed by atoms with van der Waals surface area (Å²) in [5.74, 6) is 0. The van der Waals surface area contributed by atoms with Gasteiger partial charge in [0.1, 0.15) is 0 Å². The molecule has 0 aromatic rings. The maximum Gasteiger partial charge on any atom is 0.0731 e. The van der Waals surface area contributed by atoms with E-state index in [1.165, 1.54) is 19.3 Å². The standard InChI is InChI=1S/C10H19NO/c1-8(2)11-6-7-12-10-5-3-4-9(10)11/h8-10H,3-7H2,1-2H3/t9-,10+/m1/s1. The minimum atomic E-state index is 0.557. The van der Waals surface area contributed by atoms with E-state index in [9.17, 15) is 0 Å². The summed E-state index contributed by atoms with van der Waals surface area (Å²) in [4.78, 5) is 2.61. The Morgan fingerprint density at radius 3 is 2.92 bits per heavy atom. The molecule has 2 aliphatic rings. The lowest BCUT2D eigenvalue weighted by Crippen LogP contribution is -2.51. The maximum absolute atomic E-state index is 5.74. The van der Waals surface area contributed by atoms with Crippen molar-refractivity contribution in [3.63, 3.8) is 0 Å². The Bertz CT molecular complexity index is 158. The van der Waals surface area contributed by atoms with Crippen LogP contribution in [0.5, 0.6) is 0 Å². The average molecular weight is 169 g/mol. The van der Waals surface area contributed by atoms with E-state index in [4.69, 9.17) is 4.74 Å². The number of fused-ring (bicyclic) bond motifs is 1. The minimum absolute atomic E-state index is 0.557. The van der Waals surface area contributed by atoms with Crippen molar-refractivity contribution in [1.29, 1.82) is 0 Å². The Hall–Kier alpha value is -0.0800. The summed E-state index contributed by atoms with van der Waals surface area (Å²) < 4.78 is 5.74. The predicted molar refractivity (Wildman–Crippen MR) is 49.2 cm³/mol. The van der Waals surface area contributed by atoms with Crippen molar-refractivity contribution in [2.45, 2.75) is 51.3 Å². The first kappa shape index (κ1) is 8.52. The minimum Gasteiger partial charge on any atom is -0.375 e. The molecule has 1 aliphatic carbocycles. The summed E-state index contributed by atoms with van der Waals surface area (Å²) in [6.45, 7) is 6.67. The molecule has 1 saturated carbocycles. The molecule has 0 aromatic heterocycles. The van der Waals surface area contributed by atoms with Gasteiger partial charge in [-0.25, -0.2) is 0 Å². The largest absolute Gasteiger partial charge is 0.375 e. The lowest BCUT2D eigenvalue weighted by atomic mass is 10.1. The third-order valence-corrected chi connectivity index (χ3v) is 3.19. The molecule has 2 rings (SSSR count). The highest BCUT2D eigenvalue weighted by Crippen LogP contribution is 2.30. The van der Waals surface area contributed by atoms with E-state index < -0.39 is 0 Å². The topological polar surface area (TPSA) is 12.5 Å². The SMILES string of the molecule is CC(C)N1CCO[C@H]2CCC[C@H]21. The number of hydrogen-bond donors (Lipinski definition) is 0. The van der Waals surface area contributed by atoms with Gasteiger partial charge in [-0.1, -0.05) is 0 Å². The van der Waals surface area contributed by atoms with E-state index in [0.29, 0.717) is 12.1 Å². The summed E-state index contributed by atoms with van der Waals surface area (Å²) in [7, 11) is 0. The van der Waals surface area contributed by atoms with Crippen LogP contribution in [-0.2, 0) is 4.74 Å². The molecule has 1 saturated heterocycles. The Balaban J connectivity index is 2.03. The van der Waals surface area contributed by atoms with Gasteiger partial charge in [-0.15, -0.1) is 0 Å². The van der Waals surface area contributed by atoms with Gasteiger partial charge in [0.05, 0.1) is 12.7 Å². The fraction of sp³-hybridized carbons (Fsp3) is 1.00. The van der Waals surface area contributed by atoms with Crippen molar-refractivity contribution in [2.75, 3.05) is 13.2 Å². The molecule has 0 bridgehead atoms. The van der Waals surface area contributed by atoms with Crippen LogP contribution in [0.2, 0.25) is 0 Å². The number of nitrogens with zero attached hydrogens (tertiary/aromatic N) is 1. The molecule has 0 radical (unpaired) electrons. The zero-order valence-corrected chi connectivity index (χ0v) is 8.12. The number of hydrogen-bond acceptors (Lipinski definition) is 2. The van der Waals surface area contributed by atoms with Gasteiger partial charge in [-0.2, -0.15) is 0 Å². The molecule has 0 N–H and O–H groups in total. The highest BCUT2D eigenvalue weighted by Gasteiger charge is 2.36. The molecule has 0 spiro atoms. The van der Waals surface area contributed by atoms with E-state index in [0.717, 1.165) is 19.2 Å². The molecular formula is C10H19NO. The number of ether oxygens (including phenoxy) is 1. The van der Waals surface area contributed by atoms with Gasteiger partial charge in [0.15, 0.2) is 0 Å². The normalized spacial score (nSPS) is 37.2. The van der Waals surface area contributed by atoms with Crippen LogP contribution in [0, 0.1) is 0 Å². The van der Waals surface area contributed by atoms with E-state index in [1.54, 1.807) is 0 Å². The number of rotatable bonds is 1. The predicted octanol–water partition coefficient (Wildman–Crippen LogP) is 1.65. The van der Waals surface area contributed by atoms with Gasteiger partial charge in [-0.3, -0.25) is 4.90 Å². The van der Waals surface area contributed by atoms with Crippen LogP contribution < -0.4 is 0 Å². The third kappa shape index (κ3) is 1.38. The highest BCUT2D eigenvalue weighted by atomic mass is 16.5. The molecule has 12 heavy (non-hydrogen) atoms. The van der Waals surface area contributed by atoms with E-state index >= 15 is 0 Å². The Morgan fingerprint density at radius 2 is 2.17 bits per heavy atom. The molecule has 70 valence electrons. The molecule has 2 atom stereocenters. The summed E-state index contributed by atoms with van der Waals surface area (Å²) in [5, 5.41) is 0. The molecule has 1 heterocycles. The van der Waals surface area contributed by atoms with Crippen molar-refractivity contribution >= 4 is 0 Å². The van der Waals surface area contributed by atoms with Crippen LogP contribution >= 0.6 is 0 Å². The molecule has 0 unspecified atom stereocenters. The molecule has 2 nitrogen and oxygen atoms in total. The molecule has 0 amide bonds. The van der Waals surface area contributed by atoms with Crippen LogP contribution in [-0.4, -0.2) is 36.2 Å². The van der Waals surface area contributed by atoms with Crippen molar-refractivity contribution in [2.24, 2.45) is 0 Å². The van der Waals surface area contributed by atoms with Gasteiger partial charge in [0.25, 0.3) is 0 Å². The first-order valence-corrected chi connectivity index (χ1v) is 5.16. The zero-order valence-electron chi connectivity index (χ0n) is 8.12. The highest BCUT2D eigenvalue weighted by molar-refractivity contribution is 4.90.